The van der Waals surface area contributed by atoms with Crippen molar-refractivity contribution in [2.75, 3.05) is 12.4 Å². The molecule has 0 radical (unpaired) electrons. The van der Waals surface area contributed by atoms with Crippen LogP contribution in [0.5, 0.6) is 0 Å². The fourth-order valence-corrected chi connectivity index (χ4v) is 5.08. The molecule has 0 heterocycles. The lowest BCUT2D eigenvalue weighted by atomic mass is 9.95. The Morgan fingerprint density at radius 2 is 1.76 bits per heavy atom. The second kappa shape index (κ2) is 7.51. The molecule has 1 fully saturated rings. The molecule has 0 aliphatic heterocycles. The number of hydrogen-bond acceptors (Lipinski definition) is 2. The molecule has 1 aliphatic rings. The normalized spacial score (nSPS) is 17.3. The highest BCUT2D eigenvalue weighted by molar-refractivity contribution is 7.89. The van der Waals surface area contributed by atoms with Crippen molar-refractivity contribution < 1.29 is 8.42 Å². The molecule has 1 aromatic rings. The Hall–Kier alpha value is -0.000000000000000111. The summed E-state index contributed by atoms with van der Waals surface area (Å²) in [6.45, 7) is 0.314. The molecule has 1 aliphatic carbocycles. The first-order valence-electron chi connectivity index (χ1n) is 6.99. The van der Waals surface area contributed by atoms with E-state index in [4.69, 9.17) is 34.8 Å². The van der Waals surface area contributed by atoms with E-state index >= 15 is 0 Å². The van der Waals surface area contributed by atoms with Crippen LogP contribution >= 0.6 is 34.8 Å². The lowest BCUT2D eigenvalue weighted by Gasteiger charge is -2.33. The molecule has 3 nitrogen and oxygen atoms in total. The zero-order chi connectivity index (χ0) is 15.5. The molecule has 7 heteroatoms. The summed E-state index contributed by atoms with van der Waals surface area (Å²) in [5.74, 6) is 0.275. The Kier molecular flexibility index (Phi) is 6.21. The lowest BCUT2D eigenvalue weighted by Crippen LogP contribution is -2.42. The van der Waals surface area contributed by atoms with Crippen molar-refractivity contribution >= 4 is 44.8 Å². The third-order valence-corrected chi connectivity index (χ3v) is 6.64. The van der Waals surface area contributed by atoms with E-state index in [1.165, 1.54) is 22.5 Å². The Morgan fingerprint density at radius 1 is 1.10 bits per heavy atom. The van der Waals surface area contributed by atoms with E-state index in [2.05, 4.69) is 0 Å². The highest BCUT2D eigenvalue weighted by atomic mass is 35.5. The summed E-state index contributed by atoms with van der Waals surface area (Å²) >= 11 is 17.6. The van der Waals surface area contributed by atoms with Crippen LogP contribution in [0.2, 0.25) is 10.0 Å². The molecule has 2 rings (SSSR count). The molecule has 1 aromatic carbocycles. The Labute approximate surface area is 141 Å². The average Bonchev–Trinajstić information content (AvgIpc) is 2.48. The smallest absolute Gasteiger partial charge is 0.207 e. The second-order valence-corrected chi connectivity index (χ2v) is 8.26. The van der Waals surface area contributed by atoms with Crippen LogP contribution in [0.25, 0.3) is 0 Å². The second-order valence-electron chi connectivity index (χ2n) is 5.17. The minimum absolute atomic E-state index is 0.0250. The predicted octanol–water partition coefficient (Wildman–Crippen LogP) is 4.56. The van der Waals surface area contributed by atoms with Gasteiger partial charge in [0.1, 0.15) is 0 Å². The summed E-state index contributed by atoms with van der Waals surface area (Å²) in [5, 5.41) is 0.587. The van der Waals surface area contributed by atoms with Crippen LogP contribution in [-0.2, 0) is 10.0 Å². The van der Waals surface area contributed by atoms with E-state index in [0.717, 1.165) is 32.1 Å². The molecule has 0 saturated heterocycles. The standard InChI is InChI=1S/C14H18Cl3NO2S/c15-8-9-18(11-4-2-1-3-5-11)21(19,20)12-6-7-13(16)14(17)10-12/h6-7,10-11H,1-5,8-9H2. The van der Waals surface area contributed by atoms with Crippen molar-refractivity contribution in [1.82, 2.24) is 4.31 Å². The van der Waals surface area contributed by atoms with Gasteiger partial charge in [-0.25, -0.2) is 8.42 Å². The quantitative estimate of drug-likeness (QED) is 0.713. The number of nitrogens with zero attached hydrogens (tertiary/aromatic N) is 1. The average molecular weight is 371 g/mol. The summed E-state index contributed by atoms with van der Waals surface area (Å²) in [5.41, 5.74) is 0. The van der Waals surface area contributed by atoms with Crippen LogP contribution in [0.4, 0.5) is 0 Å². The maximum atomic E-state index is 12.9. The summed E-state index contributed by atoms with van der Waals surface area (Å²) < 4.78 is 27.2. The number of alkyl halides is 1. The van der Waals surface area contributed by atoms with Gasteiger partial charge in [0.15, 0.2) is 0 Å². The van der Waals surface area contributed by atoms with Gasteiger partial charge in [-0.05, 0) is 31.0 Å². The Morgan fingerprint density at radius 3 is 2.33 bits per heavy atom. The van der Waals surface area contributed by atoms with Crippen LogP contribution < -0.4 is 0 Å². The molecular formula is C14H18Cl3NO2S. The van der Waals surface area contributed by atoms with Gasteiger partial charge < -0.3 is 0 Å². The summed E-state index contributed by atoms with van der Waals surface area (Å²) in [4.78, 5) is 0.174. The first kappa shape index (κ1) is 17.4. The number of hydrogen-bond donors (Lipinski definition) is 0. The van der Waals surface area contributed by atoms with Gasteiger partial charge in [-0.3, -0.25) is 0 Å². The molecule has 21 heavy (non-hydrogen) atoms. The van der Waals surface area contributed by atoms with Crippen LogP contribution in [-0.4, -0.2) is 31.2 Å². The zero-order valence-corrected chi connectivity index (χ0v) is 14.6. The van der Waals surface area contributed by atoms with Crippen LogP contribution in [0.1, 0.15) is 32.1 Å². The lowest BCUT2D eigenvalue weighted by molar-refractivity contribution is 0.262. The van der Waals surface area contributed by atoms with Crippen LogP contribution in [0.15, 0.2) is 23.1 Å². The number of rotatable bonds is 5. The van der Waals surface area contributed by atoms with Gasteiger partial charge in [0, 0.05) is 18.5 Å². The van der Waals surface area contributed by atoms with Gasteiger partial charge in [-0.1, -0.05) is 42.5 Å². The molecule has 0 amide bonds. The van der Waals surface area contributed by atoms with Gasteiger partial charge in [0.2, 0.25) is 10.0 Å². The van der Waals surface area contributed by atoms with Crippen molar-refractivity contribution in [2.45, 2.75) is 43.0 Å². The van der Waals surface area contributed by atoms with Crippen molar-refractivity contribution in [3.05, 3.63) is 28.2 Å². The maximum absolute atomic E-state index is 12.9. The van der Waals surface area contributed by atoms with E-state index < -0.39 is 10.0 Å². The van der Waals surface area contributed by atoms with E-state index in [-0.39, 0.29) is 21.8 Å². The fourth-order valence-electron chi connectivity index (χ4n) is 2.72. The summed E-state index contributed by atoms with van der Waals surface area (Å²) in [6.07, 6.45) is 5.05. The summed E-state index contributed by atoms with van der Waals surface area (Å²) in [6, 6.07) is 4.44. The third kappa shape index (κ3) is 4.05. The molecular weight excluding hydrogens is 353 g/mol. The Bertz CT molecular complexity index is 586. The minimum atomic E-state index is -3.60. The molecule has 0 N–H and O–H groups in total. The highest BCUT2D eigenvalue weighted by Gasteiger charge is 2.32. The number of halogens is 3. The topological polar surface area (TPSA) is 37.4 Å². The SMILES string of the molecule is O=S(=O)(c1ccc(Cl)c(Cl)c1)N(CCCl)C1CCCCC1. The largest absolute Gasteiger partial charge is 0.243 e. The number of sulfonamides is 1. The van der Waals surface area contributed by atoms with Gasteiger partial charge in [0.25, 0.3) is 0 Å². The van der Waals surface area contributed by atoms with Crippen molar-refractivity contribution in [2.24, 2.45) is 0 Å². The van der Waals surface area contributed by atoms with Crippen molar-refractivity contribution in [1.29, 1.82) is 0 Å². The molecule has 0 aromatic heterocycles. The minimum Gasteiger partial charge on any atom is -0.207 e. The first-order valence-corrected chi connectivity index (χ1v) is 9.72. The molecule has 118 valence electrons. The van der Waals surface area contributed by atoms with Crippen molar-refractivity contribution in [3.63, 3.8) is 0 Å². The monoisotopic (exact) mass is 369 g/mol. The molecule has 0 spiro atoms. The van der Waals surface area contributed by atoms with Gasteiger partial charge in [-0.15, -0.1) is 11.6 Å². The van der Waals surface area contributed by atoms with Crippen LogP contribution in [0, 0.1) is 0 Å². The van der Waals surface area contributed by atoms with Crippen LogP contribution in [0.3, 0.4) is 0 Å². The first-order chi connectivity index (χ1) is 9.96. The summed E-state index contributed by atoms with van der Waals surface area (Å²) in [7, 11) is -3.60. The number of benzene rings is 1. The molecule has 0 unspecified atom stereocenters. The highest BCUT2D eigenvalue weighted by Crippen LogP contribution is 2.30. The van der Waals surface area contributed by atoms with E-state index in [9.17, 15) is 8.42 Å². The zero-order valence-electron chi connectivity index (χ0n) is 11.6. The molecule has 1 saturated carbocycles. The van der Waals surface area contributed by atoms with Gasteiger partial charge in [-0.2, -0.15) is 4.31 Å². The maximum Gasteiger partial charge on any atom is 0.243 e. The predicted molar refractivity (Wildman–Crippen MR) is 87.9 cm³/mol. The van der Waals surface area contributed by atoms with E-state index in [0.29, 0.717) is 11.6 Å². The molecule has 0 bridgehead atoms. The van der Waals surface area contributed by atoms with E-state index in [1.807, 2.05) is 0 Å². The van der Waals surface area contributed by atoms with Crippen molar-refractivity contribution in [3.8, 4) is 0 Å². The fraction of sp³-hybridized carbons (Fsp3) is 0.571. The molecule has 0 atom stereocenters. The van der Waals surface area contributed by atoms with Gasteiger partial charge in [0.05, 0.1) is 14.9 Å². The third-order valence-electron chi connectivity index (χ3n) is 3.78. The van der Waals surface area contributed by atoms with Gasteiger partial charge >= 0.3 is 0 Å². The Balaban J connectivity index is 2.34. The van der Waals surface area contributed by atoms with E-state index in [1.54, 1.807) is 0 Å².